The van der Waals surface area contributed by atoms with Gasteiger partial charge in [0.05, 0.1) is 6.61 Å². The first-order valence-electron chi connectivity index (χ1n) is 3.57. The van der Waals surface area contributed by atoms with Crippen molar-refractivity contribution >= 4 is 0 Å². The van der Waals surface area contributed by atoms with Crippen LogP contribution in [-0.4, -0.2) is 24.2 Å². The molecule has 0 aromatic carbocycles. The van der Waals surface area contributed by atoms with Crippen LogP contribution >= 0.6 is 0 Å². The van der Waals surface area contributed by atoms with Crippen LogP contribution in [0.3, 0.4) is 0 Å². The van der Waals surface area contributed by atoms with E-state index >= 15 is 0 Å². The Morgan fingerprint density at radius 2 is 1.67 bits per heavy atom. The van der Waals surface area contributed by atoms with Crippen LogP contribution in [0.4, 0.5) is 13.2 Å². The van der Waals surface area contributed by atoms with Crippen molar-refractivity contribution in [3.05, 3.63) is 0 Å². The van der Waals surface area contributed by atoms with Crippen molar-refractivity contribution < 1.29 is 22.6 Å². The molecule has 1 fully saturated rings. The lowest BCUT2D eigenvalue weighted by Gasteiger charge is -2.27. The van der Waals surface area contributed by atoms with Crippen LogP contribution < -0.4 is 0 Å². The van der Waals surface area contributed by atoms with Gasteiger partial charge in [-0.2, -0.15) is 13.2 Å². The maximum Gasteiger partial charge on any atom is 0.419 e. The monoisotopic (exact) mass is 184 g/mol. The van der Waals surface area contributed by atoms with E-state index in [9.17, 15) is 13.2 Å². The Hall–Kier alpha value is -0.290. The van der Waals surface area contributed by atoms with Gasteiger partial charge in [-0.25, -0.2) is 0 Å². The number of alkyl halides is 3. The molecule has 0 bridgehead atoms. The van der Waals surface area contributed by atoms with E-state index in [1.54, 1.807) is 0 Å². The van der Waals surface area contributed by atoms with Crippen LogP contribution in [0.2, 0.25) is 0 Å². The molecule has 12 heavy (non-hydrogen) atoms. The minimum absolute atomic E-state index is 0.441. The molecule has 1 atom stereocenters. The molecular formula is C7H11F3O2. The van der Waals surface area contributed by atoms with Crippen molar-refractivity contribution in [3.63, 3.8) is 0 Å². The summed E-state index contributed by atoms with van der Waals surface area (Å²) in [5.74, 6) is -1.13. The summed E-state index contributed by atoms with van der Waals surface area (Å²) in [7, 11) is 0. The lowest BCUT2D eigenvalue weighted by Crippen LogP contribution is -2.45. The molecule has 1 saturated heterocycles. The van der Waals surface area contributed by atoms with E-state index in [2.05, 4.69) is 0 Å². The second kappa shape index (κ2) is 2.35. The molecule has 0 radical (unpaired) electrons. The Bertz CT molecular complexity index is 188. The molecule has 2 nitrogen and oxygen atoms in total. The van der Waals surface area contributed by atoms with Crippen molar-refractivity contribution in [1.82, 2.24) is 0 Å². The largest absolute Gasteiger partial charge is 0.419 e. The van der Waals surface area contributed by atoms with Gasteiger partial charge in [0.1, 0.15) is 0 Å². The Balaban J connectivity index is 2.78. The van der Waals surface area contributed by atoms with Gasteiger partial charge in [0.2, 0.25) is 0 Å². The zero-order valence-corrected chi connectivity index (χ0v) is 7.16. The Kier molecular flexibility index (Phi) is 1.92. The summed E-state index contributed by atoms with van der Waals surface area (Å²) < 4.78 is 46.4. The Labute approximate surface area is 68.6 Å². The number of hydrogen-bond acceptors (Lipinski definition) is 2. The molecular weight excluding hydrogens is 173 g/mol. The minimum Gasteiger partial charge on any atom is -0.347 e. The number of rotatable bonds is 0. The maximum atomic E-state index is 12.3. The summed E-state index contributed by atoms with van der Waals surface area (Å²) in [6.07, 6.45) is -4.37. The summed E-state index contributed by atoms with van der Waals surface area (Å²) in [6.45, 7) is 3.47. The average Bonchev–Trinajstić information content (AvgIpc) is 2.05. The zero-order valence-electron chi connectivity index (χ0n) is 7.16. The predicted octanol–water partition coefficient (Wildman–Crippen LogP) is 2.09. The molecule has 0 N–H and O–H groups in total. The van der Waals surface area contributed by atoms with Gasteiger partial charge in [0.15, 0.2) is 11.4 Å². The third-order valence-corrected chi connectivity index (χ3v) is 1.77. The van der Waals surface area contributed by atoms with Crippen molar-refractivity contribution in [2.24, 2.45) is 0 Å². The van der Waals surface area contributed by atoms with Crippen molar-refractivity contribution in [2.75, 3.05) is 6.61 Å². The second-order valence-corrected chi connectivity index (χ2v) is 3.52. The third kappa shape index (κ3) is 1.56. The second-order valence-electron chi connectivity index (χ2n) is 3.52. The third-order valence-electron chi connectivity index (χ3n) is 1.77. The van der Waals surface area contributed by atoms with Crippen molar-refractivity contribution in [3.8, 4) is 0 Å². The summed E-state index contributed by atoms with van der Waals surface area (Å²) in [5.41, 5.74) is -2.16. The maximum absolute atomic E-state index is 12.3. The Morgan fingerprint density at radius 3 is 1.83 bits per heavy atom. The number of hydrogen-bond donors (Lipinski definition) is 0. The van der Waals surface area contributed by atoms with E-state index in [0.717, 1.165) is 6.92 Å². The van der Waals surface area contributed by atoms with Crippen LogP contribution in [0, 0.1) is 0 Å². The van der Waals surface area contributed by atoms with Gasteiger partial charge >= 0.3 is 6.18 Å². The van der Waals surface area contributed by atoms with E-state index in [-0.39, 0.29) is 0 Å². The molecule has 5 heteroatoms. The molecule has 1 heterocycles. The van der Waals surface area contributed by atoms with Crippen LogP contribution in [0.5, 0.6) is 0 Å². The highest BCUT2D eigenvalue weighted by Gasteiger charge is 2.59. The van der Waals surface area contributed by atoms with Gasteiger partial charge < -0.3 is 9.47 Å². The van der Waals surface area contributed by atoms with E-state index in [1.165, 1.54) is 13.8 Å². The lowest BCUT2D eigenvalue weighted by atomic mass is 10.1. The topological polar surface area (TPSA) is 18.5 Å². The molecule has 0 spiro atoms. The van der Waals surface area contributed by atoms with Crippen LogP contribution in [0.1, 0.15) is 20.8 Å². The summed E-state index contributed by atoms with van der Waals surface area (Å²) >= 11 is 0. The standard InChI is InChI=1S/C7H11F3O2/c1-5(2)11-4-6(3,12-5)7(8,9)10/h4H2,1-3H3. The van der Waals surface area contributed by atoms with Crippen molar-refractivity contribution in [1.29, 1.82) is 0 Å². The fraction of sp³-hybridized carbons (Fsp3) is 1.00. The fourth-order valence-corrected chi connectivity index (χ4v) is 1.05. The lowest BCUT2D eigenvalue weighted by molar-refractivity contribution is -0.276. The first kappa shape index (κ1) is 9.80. The first-order valence-corrected chi connectivity index (χ1v) is 3.57. The quantitative estimate of drug-likeness (QED) is 0.573. The van der Waals surface area contributed by atoms with Gasteiger partial charge in [-0.05, 0) is 20.8 Å². The predicted molar refractivity (Wildman–Crippen MR) is 35.6 cm³/mol. The molecule has 1 aliphatic rings. The van der Waals surface area contributed by atoms with E-state index in [1.807, 2.05) is 0 Å². The van der Waals surface area contributed by atoms with E-state index < -0.39 is 24.2 Å². The van der Waals surface area contributed by atoms with Crippen LogP contribution in [-0.2, 0) is 9.47 Å². The van der Waals surface area contributed by atoms with Crippen LogP contribution in [0.15, 0.2) is 0 Å². The fourth-order valence-electron chi connectivity index (χ4n) is 1.05. The van der Waals surface area contributed by atoms with Crippen molar-refractivity contribution in [2.45, 2.75) is 38.3 Å². The highest BCUT2D eigenvalue weighted by atomic mass is 19.4. The van der Waals surface area contributed by atoms with Gasteiger partial charge in [0, 0.05) is 0 Å². The molecule has 1 rings (SSSR count). The first-order chi connectivity index (χ1) is 5.16. The highest BCUT2D eigenvalue weighted by molar-refractivity contribution is 4.90. The molecule has 1 aliphatic heterocycles. The molecule has 0 aromatic rings. The molecule has 0 saturated carbocycles. The molecule has 0 aliphatic carbocycles. The smallest absolute Gasteiger partial charge is 0.347 e. The number of halogens is 3. The molecule has 0 aromatic heterocycles. The SMILES string of the molecule is CC1(C)OCC(C)(C(F)(F)F)O1. The average molecular weight is 184 g/mol. The van der Waals surface area contributed by atoms with Gasteiger partial charge in [-0.1, -0.05) is 0 Å². The summed E-state index contributed by atoms with van der Waals surface area (Å²) in [6, 6.07) is 0. The highest BCUT2D eigenvalue weighted by Crippen LogP contribution is 2.41. The van der Waals surface area contributed by atoms with E-state index in [0.29, 0.717) is 0 Å². The molecule has 1 unspecified atom stereocenters. The Morgan fingerprint density at radius 1 is 1.17 bits per heavy atom. The number of ether oxygens (including phenoxy) is 2. The van der Waals surface area contributed by atoms with Gasteiger partial charge in [-0.3, -0.25) is 0 Å². The van der Waals surface area contributed by atoms with Gasteiger partial charge in [0.25, 0.3) is 0 Å². The van der Waals surface area contributed by atoms with E-state index in [4.69, 9.17) is 9.47 Å². The summed E-state index contributed by atoms with van der Waals surface area (Å²) in [4.78, 5) is 0. The molecule has 72 valence electrons. The van der Waals surface area contributed by atoms with Gasteiger partial charge in [-0.15, -0.1) is 0 Å². The minimum atomic E-state index is -4.37. The summed E-state index contributed by atoms with van der Waals surface area (Å²) in [5, 5.41) is 0. The zero-order chi connectivity index (χ0) is 9.62. The van der Waals surface area contributed by atoms with Crippen LogP contribution in [0.25, 0.3) is 0 Å². The molecule has 0 amide bonds. The normalized spacial score (nSPS) is 35.5.